The Balaban J connectivity index is 2.18. The van der Waals surface area contributed by atoms with Crippen LogP contribution in [0.2, 0.25) is 5.15 Å². The molecule has 5 heteroatoms. The first-order valence-corrected chi connectivity index (χ1v) is 6.51. The highest BCUT2D eigenvalue weighted by Gasteiger charge is 2.20. The maximum Gasteiger partial charge on any atom is 0.258 e. The SMILES string of the molecule is COC(C(=O)Nc1ccc(Cl)nc1C)c1ccccc1. The minimum atomic E-state index is -0.661. The second kappa shape index (κ2) is 6.50. The molecule has 0 saturated heterocycles. The number of pyridine rings is 1. The van der Waals surface area contributed by atoms with E-state index >= 15 is 0 Å². The first kappa shape index (κ1) is 14.5. The molecule has 0 aliphatic heterocycles. The number of rotatable bonds is 4. The third-order valence-electron chi connectivity index (χ3n) is 2.89. The first-order valence-electron chi connectivity index (χ1n) is 6.13. The van der Waals surface area contributed by atoms with Gasteiger partial charge in [0.2, 0.25) is 0 Å². The summed E-state index contributed by atoms with van der Waals surface area (Å²) in [7, 11) is 1.50. The van der Waals surface area contributed by atoms with Crippen LogP contribution in [-0.2, 0) is 9.53 Å². The summed E-state index contributed by atoms with van der Waals surface area (Å²) in [5.74, 6) is -0.245. The average molecular weight is 291 g/mol. The second-order valence-electron chi connectivity index (χ2n) is 4.28. The van der Waals surface area contributed by atoms with Crippen LogP contribution in [0.1, 0.15) is 17.4 Å². The molecule has 1 heterocycles. The molecule has 1 aromatic carbocycles. The highest BCUT2D eigenvalue weighted by molar-refractivity contribution is 6.29. The molecule has 104 valence electrons. The molecule has 1 N–H and O–H groups in total. The summed E-state index contributed by atoms with van der Waals surface area (Å²) in [6, 6.07) is 12.7. The summed E-state index contributed by atoms with van der Waals surface area (Å²) in [4.78, 5) is 16.4. The zero-order valence-electron chi connectivity index (χ0n) is 11.3. The molecule has 0 aliphatic carbocycles. The van der Waals surface area contributed by atoms with Gasteiger partial charge >= 0.3 is 0 Å². The normalized spacial score (nSPS) is 11.9. The molecule has 0 spiro atoms. The van der Waals surface area contributed by atoms with E-state index in [-0.39, 0.29) is 5.91 Å². The molecule has 1 atom stereocenters. The Hall–Kier alpha value is -1.91. The van der Waals surface area contributed by atoms with Gasteiger partial charge in [0.25, 0.3) is 5.91 Å². The van der Waals surface area contributed by atoms with E-state index in [2.05, 4.69) is 10.3 Å². The lowest BCUT2D eigenvalue weighted by atomic mass is 10.1. The fraction of sp³-hybridized carbons (Fsp3) is 0.200. The van der Waals surface area contributed by atoms with Gasteiger partial charge in [-0.3, -0.25) is 4.79 Å². The molecular formula is C15H15ClN2O2. The maximum absolute atomic E-state index is 12.3. The van der Waals surface area contributed by atoms with Crippen molar-refractivity contribution in [3.8, 4) is 0 Å². The molecule has 2 aromatic rings. The topological polar surface area (TPSA) is 51.2 Å². The predicted octanol–water partition coefficient (Wildman–Crippen LogP) is 3.37. The Bertz CT molecular complexity index is 602. The minimum Gasteiger partial charge on any atom is -0.367 e. The zero-order chi connectivity index (χ0) is 14.5. The van der Waals surface area contributed by atoms with Gasteiger partial charge in [0.15, 0.2) is 6.10 Å². The van der Waals surface area contributed by atoms with Gasteiger partial charge in [-0.1, -0.05) is 41.9 Å². The highest BCUT2D eigenvalue weighted by atomic mass is 35.5. The van der Waals surface area contributed by atoms with Crippen molar-refractivity contribution >= 4 is 23.2 Å². The second-order valence-corrected chi connectivity index (χ2v) is 4.67. The number of aryl methyl sites for hydroxylation is 1. The van der Waals surface area contributed by atoms with Crippen molar-refractivity contribution in [2.24, 2.45) is 0 Å². The summed E-state index contributed by atoms with van der Waals surface area (Å²) in [5, 5.41) is 3.20. The summed E-state index contributed by atoms with van der Waals surface area (Å²) in [6.45, 7) is 1.78. The number of nitrogens with one attached hydrogen (secondary N) is 1. The van der Waals surface area contributed by atoms with E-state index in [0.29, 0.717) is 16.5 Å². The number of methoxy groups -OCH3 is 1. The van der Waals surface area contributed by atoms with Crippen molar-refractivity contribution in [1.29, 1.82) is 0 Å². The number of benzene rings is 1. The molecule has 0 radical (unpaired) electrons. The molecule has 1 unspecified atom stereocenters. The fourth-order valence-corrected chi connectivity index (χ4v) is 2.07. The van der Waals surface area contributed by atoms with Gasteiger partial charge in [0.05, 0.1) is 11.4 Å². The Morgan fingerprint density at radius 2 is 1.95 bits per heavy atom. The van der Waals surface area contributed by atoms with E-state index in [0.717, 1.165) is 5.56 Å². The van der Waals surface area contributed by atoms with E-state index in [4.69, 9.17) is 16.3 Å². The van der Waals surface area contributed by atoms with Crippen LogP contribution in [0, 0.1) is 6.92 Å². The van der Waals surface area contributed by atoms with Crippen LogP contribution in [0.5, 0.6) is 0 Å². The standard InChI is InChI=1S/C15H15ClN2O2/c1-10-12(8-9-13(16)17-10)18-15(19)14(20-2)11-6-4-3-5-7-11/h3-9,14H,1-2H3,(H,18,19). The molecular weight excluding hydrogens is 276 g/mol. The number of halogens is 1. The van der Waals surface area contributed by atoms with Gasteiger partial charge in [0.1, 0.15) is 5.15 Å². The number of aromatic nitrogens is 1. The average Bonchev–Trinajstić information content (AvgIpc) is 2.44. The van der Waals surface area contributed by atoms with E-state index in [9.17, 15) is 4.79 Å². The Labute approximate surface area is 122 Å². The summed E-state index contributed by atoms with van der Waals surface area (Å²) >= 11 is 5.79. The van der Waals surface area contributed by atoms with Crippen LogP contribution >= 0.6 is 11.6 Å². The molecule has 20 heavy (non-hydrogen) atoms. The number of anilines is 1. The van der Waals surface area contributed by atoms with Crippen molar-refractivity contribution in [2.45, 2.75) is 13.0 Å². The number of ether oxygens (including phenoxy) is 1. The van der Waals surface area contributed by atoms with Gasteiger partial charge in [-0.05, 0) is 24.6 Å². The van der Waals surface area contributed by atoms with E-state index in [1.54, 1.807) is 19.1 Å². The van der Waals surface area contributed by atoms with Crippen LogP contribution < -0.4 is 5.32 Å². The number of nitrogens with zero attached hydrogens (tertiary/aromatic N) is 1. The highest BCUT2D eigenvalue weighted by Crippen LogP contribution is 2.21. The lowest BCUT2D eigenvalue weighted by Crippen LogP contribution is -2.23. The maximum atomic E-state index is 12.3. The van der Waals surface area contributed by atoms with Crippen LogP contribution in [0.3, 0.4) is 0 Å². The summed E-state index contributed by atoms with van der Waals surface area (Å²) in [5.41, 5.74) is 2.08. The summed E-state index contributed by atoms with van der Waals surface area (Å²) in [6.07, 6.45) is -0.661. The number of carbonyl (C=O) groups is 1. The van der Waals surface area contributed by atoms with Crippen molar-refractivity contribution < 1.29 is 9.53 Å². The largest absolute Gasteiger partial charge is 0.367 e. The first-order chi connectivity index (χ1) is 9.61. The smallest absolute Gasteiger partial charge is 0.258 e. The Morgan fingerprint density at radius 1 is 1.25 bits per heavy atom. The van der Waals surface area contributed by atoms with E-state index < -0.39 is 6.10 Å². The zero-order valence-corrected chi connectivity index (χ0v) is 12.0. The van der Waals surface area contributed by atoms with Crippen LogP contribution in [0.4, 0.5) is 5.69 Å². The van der Waals surface area contributed by atoms with E-state index in [1.807, 2.05) is 30.3 Å². The third kappa shape index (κ3) is 3.35. The molecule has 4 nitrogen and oxygen atoms in total. The number of amides is 1. The lowest BCUT2D eigenvalue weighted by molar-refractivity contribution is -0.126. The number of carbonyl (C=O) groups excluding carboxylic acids is 1. The van der Waals surface area contributed by atoms with Gasteiger partial charge in [0, 0.05) is 7.11 Å². The predicted molar refractivity (Wildman–Crippen MR) is 78.8 cm³/mol. The van der Waals surface area contributed by atoms with Crippen LogP contribution in [-0.4, -0.2) is 18.0 Å². The van der Waals surface area contributed by atoms with Crippen molar-refractivity contribution in [1.82, 2.24) is 4.98 Å². The minimum absolute atomic E-state index is 0.245. The van der Waals surface area contributed by atoms with E-state index in [1.165, 1.54) is 7.11 Å². The molecule has 1 aromatic heterocycles. The van der Waals surface area contributed by atoms with Crippen LogP contribution in [0.25, 0.3) is 0 Å². The molecule has 0 aliphatic rings. The fourth-order valence-electron chi connectivity index (χ4n) is 1.88. The molecule has 0 bridgehead atoms. The Kier molecular flexibility index (Phi) is 4.71. The summed E-state index contributed by atoms with van der Waals surface area (Å²) < 4.78 is 5.28. The Morgan fingerprint density at radius 3 is 2.55 bits per heavy atom. The number of hydrogen-bond acceptors (Lipinski definition) is 3. The monoisotopic (exact) mass is 290 g/mol. The molecule has 0 saturated carbocycles. The van der Waals surface area contributed by atoms with Gasteiger partial charge in [-0.2, -0.15) is 0 Å². The lowest BCUT2D eigenvalue weighted by Gasteiger charge is -2.16. The van der Waals surface area contributed by atoms with Crippen molar-refractivity contribution in [3.63, 3.8) is 0 Å². The molecule has 2 rings (SSSR count). The van der Waals surface area contributed by atoms with Gasteiger partial charge < -0.3 is 10.1 Å². The number of hydrogen-bond donors (Lipinski definition) is 1. The van der Waals surface area contributed by atoms with Gasteiger partial charge in [-0.25, -0.2) is 4.98 Å². The van der Waals surface area contributed by atoms with Crippen molar-refractivity contribution in [2.75, 3.05) is 12.4 Å². The quantitative estimate of drug-likeness (QED) is 0.878. The van der Waals surface area contributed by atoms with Crippen LogP contribution in [0.15, 0.2) is 42.5 Å². The third-order valence-corrected chi connectivity index (χ3v) is 3.10. The van der Waals surface area contributed by atoms with Crippen molar-refractivity contribution in [3.05, 3.63) is 58.9 Å². The molecule has 0 fully saturated rings. The molecule has 1 amide bonds. The van der Waals surface area contributed by atoms with Gasteiger partial charge in [-0.15, -0.1) is 0 Å².